The van der Waals surface area contributed by atoms with Gasteiger partial charge >= 0.3 is 5.97 Å². The Hall–Kier alpha value is -1.20. The minimum Gasteiger partial charge on any atom is -0.478 e. The first-order chi connectivity index (χ1) is 9.66. The molecule has 6 heteroatoms. The lowest BCUT2D eigenvalue weighted by Crippen LogP contribution is -2.46. The van der Waals surface area contributed by atoms with Gasteiger partial charge in [0.15, 0.2) is 0 Å². The normalized spacial score (nSPS) is 12.8. The average Bonchev–Trinajstić information content (AvgIpc) is 2.40. The topological polar surface area (TPSA) is 66.4 Å². The number of thioether (sulfide) groups is 1. The van der Waals surface area contributed by atoms with E-state index in [9.17, 15) is 9.59 Å². The summed E-state index contributed by atoms with van der Waals surface area (Å²) in [5.41, 5.74) is -0.207. The quantitative estimate of drug-likeness (QED) is 0.778. The third kappa shape index (κ3) is 5.25. The van der Waals surface area contributed by atoms with Crippen LogP contribution in [0.3, 0.4) is 0 Å². The van der Waals surface area contributed by atoms with E-state index in [1.165, 1.54) is 23.9 Å². The second kappa shape index (κ2) is 7.18. The highest BCUT2D eigenvalue weighted by Gasteiger charge is 2.22. The first-order valence-corrected chi connectivity index (χ1v) is 7.93. The summed E-state index contributed by atoms with van der Waals surface area (Å²) in [4.78, 5) is 23.9. The Morgan fingerprint density at radius 3 is 2.57 bits per heavy atom. The van der Waals surface area contributed by atoms with Crippen LogP contribution >= 0.6 is 23.4 Å². The van der Waals surface area contributed by atoms with Crippen LogP contribution in [0, 0.1) is 0 Å². The predicted molar refractivity (Wildman–Crippen MR) is 86.2 cm³/mol. The monoisotopic (exact) mass is 329 g/mol. The fourth-order valence-electron chi connectivity index (χ4n) is 1.52. The zero-order chi connectivity index (χ0) is 16.2. The Morgan fingerprint density at radius 2 is 2.05 bits per heavy atom. The maximum Gasteiger partial charge on any atom is 0.337 e. The Balaban J connectivity index is 2.79. The number of carbonyl (C=O) groups excluding carboxylic acids is 1. The highest BCUT2D eigenvalue weighted by atomic mass is 35.5. The fraction of sp³-hybridized carbons (Fsp3) is 0.467. The van der Waals surface area contributed by atoms with E-state index >= 15 is 0 Å². The van der Waals surface area contributed by atoms with Crippen LogP contribution in [0.2, 0.25) is 5.02 Å². The molecule has 0 saturated carbocycles. The Bertz CT molecular complexity index is 546. The summed E-state index contributed by atoms with van der Waals surface area (Å²) in [6.45, 7) is 7.73. The van der Waals surface area contributed by atoms with E-state index in [2.05, 4.69) is 5.32 Å². The average molecular weight is 330 g/mol. The Labute approximate surface area is 134 Å². The number of aromatic carboxylic acids is 1. The third-order valence-corrected chi connectivity index (χ3v) is 4.62. The molecule has 116 valence electrons. The molecule has 21 heavy (non-hydrogen) atoms. The summed E-state index contributed by atoms with van der Waals surface area (Å²) in [6, 6.07) is 4.74. The van der Waals surface area contributed by atoms with Gasteiger partial charge in [0.1, 0.15) is 0 Å². The molecular weight excluding hydrogens is 310 g/mol. The van der Waals surface area contributed by atoms with E-state index in [0.717, 1.165) is 6.42 Å². The van der Waals surface area contributed by atoms with E-state index in [1.54, 1.807) is 13.0 Å². The van der Waals surface area contributed by atoms with Gasteiger partial charge in [-0.05, 0) is 45.4 Å². The highest BCUT2D eigenvalue weighted by Crippen LogP contribution is 2.28. The van der Waals surface area contributed by atoms with Crippen molar-refractivity contribution in [3.05, 3.63) is 28.8 Å². The van der Waals surface area contributed by atoms with Gasteiger partial charge < -0.3 is 10.4 Å². The van der Waals surface area contributed by atoms with Crippen LogP contribution in [0.15, 0.2) is 23.1 Å². The lowest BCUT2D eigenvalue weighted by atomic mass is 10.0. The van der Waals surface area contributed by atoms with Crippen molar-refractivity contribution in [3.8, 4) is 0 Å². The van der Waals surface area contributed by atoms with Crippen molar-refractivity contribution in [2.45, 2.75) is 49.8 Å². The van der Waals surface area contributed by atoms with Crippen molar-refractivity contribution >= 4 is 35.2 Å². The third-order valence-electron chi connectivity index (χ3n) is 3.20. The predicted octanol–water partition coefficient (Wildman–Crippen LogP) is 3.82. The first kappa shape index (κ1) is 17.9. The van der Waals surface area contributed by atoms with Crippen LogP contribution < -0.4 is 5.32 Å². The number of rotatable bonds is 6. The first-order valence-electron chi connectivity index (χ1n) is 6.68. The van der Waals surface area contributed by atoms with E-state index in [4.69, 9.17) is 16.7 Å². The van der Waals surface area contributed by atoms with Crippen molar-refractivity contribution in [1.82, 2.24) is 5.32 Å². The van der Waals surface area contributed by atoms with Crippen molar-refractivity contribution in [3.63, 3.8) is 0 Å². The van der Waals surface area contributed by atoms with Gasteiger partial charge in [-0.1, -0.05) is 18.5 Å². The molecule has 0 aliphatic carbocycles. The lowest BCUT2D eigenvalue weighted by Gasteiger charge is -2.26. The van der Waals surface area contributed by atoms with Crippen LogP contribution in [-0.2, 0) is 4.79 Å². The van der Waals surface area contributed by atoms with Gasteiger partial charge in [0.05, 0.1) is 15.8 Å². The molecule has 2 N–H and O–H groups in total. The summed E-state index contributed by atoms with van der Waals surface area (Å²) in [5, 5.41) is 11.9. The zero-order valence-corrected chi connectivity index (χ0v) is 14.1. The number of hydrogen-bond donors (Lipinski definition) is 2. The number of nitrogens with one attached hydrogen (secondary N) is 1. The van der Waals surface area contributed by atoms with Crippen LogP contribution in [0.25, 0.3) is 0 Å². The standard InChI is InChI=1S/C15H20ClNO3S/c1-5-15(3,4)17-13(18)9(2)21-10-6-7-12(16)11(8-10)14(19)20/h6-9H,5H2,1-4H3,(H,17,18)(H,19,20). The molecule has 0 spiro atoms. The van der Waals surface area contributed by atoms with Crippen molar-refractivity contribution in [2.24, 2.45) is 0 Å². The largest absolute Gasteiger partial charge is 0.478 e. The number of amides is 1. The van der Waals surface area contributed by atoms with Crippen LogP contribution in [0.1, 0.15) is 44.5 Å². The van der Waals surface area contributed by atoms with Gasteiger partial charge in [0.2, 0.25) is 5.91 Å². The molecule has 0 aliphatic rings. The maximum absolute atomic E-state index is 12.1. The zero-order valence-electron chi connectivity index (χ0n) is 12.6. The van der Waals surface area contributed by atoms with Gasteiger partial charge in [-0.25, -0.2) is 4.79 Å². The minimum atomic E-state index is -1.08. The molecule has 0 saturated heterocycles. The molecule has 1 atom stereocenters. The molecule has 0 radical (unpaired) electrons. The molecule has 1 unspecified atom stereocenters. The van der Waals surface area contributed by atoms with Crippen LogP contribution in [0.4, 0.5) is 0 Å². The molecule has 0 fully saturated rings. The SMILES string of the molecule is CCC(C)(C)NC(=O)C(C)Sc1ccc(Cl)c(C(=O)O)c1. The number of carbonyl (C=O) groups is 2. The molecule has 4 nitrogen and oxygen atoms in total. The minimum absolute atomic E-state index is 0.0446. The van der Waals surface area contributed by atoms with E-state index < -0.39 is 5.97 Å². The number of benzene rings is 1. The molecule has 0 bridgehead atoms. The summed E-state index contributed by atoms with van der Waals surface area (Å²) in [5.74, 6) is -1.15. The van der Waals surface area contributed by atoms with E-state index in [-0.39, 0.29) is 27.3 Å². The molecular formula is C15H20ClNO3S. The Morgan fingerprint density at radius 1 is 1.43 bits per heavy atom. The maximum atomic E-state index is 12.1. The van der Waals surface area contributed by atoms with E-state index in [0.29, 0.717) is 4.90 Å². The van der Waals surface area contributed by atoms with Gasteiger partial charge in [-0.2, -0.15) is 0 Å². The van der Waals surface area contributed by atoms with Gasteiger partial charge in [-0.3, -0.25) is 4.79 Å². The molecule has 0 aromatic heterocycles. The summed E-state index contributed by atoms with van der Waals surface area (Å²) in [6.07, 6.45) is 0.834. The second-order valence-corrected chi connectivity index (χ2v) is 7.25. The second-order valence-electron chi connectivity index (χ2n) is 5.43. The molecule has 1 rings (SSSR count). The summed E-state index contributed by atoms with van der Waals surface area (Å²) >= 11 is 7.14. The molecule has 1 aromatic carbocycles. The molecule has 1 aromatic rings. The van der Waals surface area contributed by atoms with Crippen LogP contribution in [0.5, 0.6) is 0 Å². The fourth-order valence-corrected chi connectivity index (χ4v) is 2.63. The molecule has 1 amide bonds. The van der Waals surface area contributed by atoms with Crippen molar-refractivity contribution in [2.75, 3.05) is 0 Å². The number of carboxylic acid groups (broad SMARTS) is 1. The number of halogens is 1. The van der Waals surface area contributed by atoms with Gasteiger partial charge in [0, 0.05) is 10.4 Å². The van der Waals surface area contributed by atoms with Gasteiger partial charge in [-0.15, -0.1) is 11.8 Å². The lowest BCUT2D eigenvalue weighted by molar-refractivity contribution is -0.121. The van der Waals surface area contributed by atoms with E-state index in [1.807, 2.05) is 20.8 Å². The highest BCUT2D eigenvalue weighted by molar-refractivity contribution is 8.00. The van der Waals surface area contributed by atoms with Crippen molar-refractivity contribution < 1.29 is 14.7 Å². The van der Waals surface area contributed by atoms with Crippen molar-refractivity contribution in [1.29, 1.82) is 0 Å². The number of hydrogen-bond acceptors (Lipinski definition) is 3. The smallest absolute Gasteiger partial charge is 0.337 e. The number of carboxylic acids is 1. The summed E-state index contributed by atoms with van der Waals surface area (Å²) in [7, 11) is 0. The molecule has 0 aliphatic heterocycles. The molecule has 0 heterocycles. The summed E-state index contributed by atoms with van der Waals surface area (Å²) < 4.78 is 0. The Kier molecular flexibility index (Phi) is 6.10. The van der Waals surface area contributed by atoms with Gasteiger partial charge in [0.25, 0.3) is 0 Å². The van der Waals surface area contributed by atoms with Crippen LogP contribution in [-0.4, -0.2) is 27.8 Å².